The molecule has 1 aliphatic heterocycles. The maximum atomic E-state index is 13.0. The summed E-state index contributed by atoms with van der Waals surface area (Å²) in [5, 5.41) is 3.50. The molecule has 1 heterocycles. The summed E-state index contributed by atoms with van der Waals surface area (Å²) in [6.45, 7) is 4.48. The molecule has 3 aromatic rings. The number of benzene rings is 3. The molecule has 0 saturated carbocycles. The third-order valence-electron chi connectivity index (χ3n) is 5.43. The second-order valence-electron chi connectivity index (χ2n) is 7.83. The topological polar surface area (TPSA) is 70.4 Å². The van der Waals surface area contributed by atoms with E-state index in [1.54, 1.807) is 28.9 Å². The Bertz CT molecular complexity index is 1170. The number of ether oxygens (including phenoxy) is 1. The van der Waals surface area contributed by atoms with Crippen LogP contribution in [-0.4, -0.2) is 35.4 Å². The molecule has 1 aliphatic rings. The molecule has 2 atom stereocenters. The number of nitrogens with zero attached hydrogens (tertiary/aromatic N) is 1. The van der Waals surface area contributed by atoms with Crippen LogP contribution in [0.4, 0.5) is 0 Å². The van der Waals surface area contributed by atoms with Crippen molar-refractivity contribution in [3.63, 3.8) is 0 Å². The molecule has 0 aliphatic carbocycles. The highest BCUT2D eigenvalue weighted by Gasteiger charge is 2.47. The van der Waals surface area contributed by atoms with Gasteiger partial charge < -0.3 is 10.1 Å². The first-order valence-corrected chi connectivity index (χ1v) is 11.1. The first-order valence-electron chi connectivity index (χ1n) is 10.7. The minimum absolute atomic E-state index is 0.294. The lowest BCUT2D eigenvalue weighted by Crippen LogP contribution is -2.42. The van der Waals surface area contributed by atoms with E-state index in [0.717, 1.165) is 22.4 Å². The number of hydrazine groups is 1. The van der Waals surface area contributed by atoms with Crippen molar-refractivity contribution in [1.82, 2.24) is 10.7 Å². The number of halogens is 1. The SMILES string of the molecule is CCOc1ccc(/C=[N+]2\NC(=O)[C@H](NC(=O)c3ccc(C)cc3)[C@@H]2c2ccc(Cl)cc2)cc1. The molecule has 0 radical (unpaired) electrons. The number of hydrogen-bond acceptors (Lipinski definition) is 3. The fourth-order valence-electron chi connectivity index (χ4n) is 3.75. The summed E-state index contributed by atoms with van der Waals surface area (Å²) in [4.78, 5) is 25.8. The Morgan fingerprint density at radius 3 is 2.36 bits per heavy atom. The van der Waals surface area contributed by atoms with Crippen LogP contribution in [0.25, 0.3) is 0 Å². The average Bonchev–Trinajstić information content (AvgIpc) is 3.10. The highest BCUT2D eigenvalue weighted by atomic mass is 35.5. The van der Waals surface area contributed by atoms with Crippen molar-refractivity contribution in [3.05, 3.63) is 100 Å². The van der Waals surface area contributed by atoms with Gasteiger partial charge >= 0.3 is 5.91 Å². The Kier molecular flexibility index (Phi) is 6.75. The van der Waals surface area contributed by atoms with Gasteiger partial charge in [-0.05, 0) is 62.4 Å². The first-order chi connectivity index (χ1) is 15.9. The lowest BCUT2D eigenvalue weighted by Gasteiger charge is -2.15. The number of rotatable bonds is 6. The molecule has 2 amide bonds. The lowest BCUT2D eigenvalue weighted by atomic mass is 9.99. The number of carbonyl (C=O) groups is 2. The van der Waals surface area contributed by atoms with Crippen molar-refractivity contribution in [2.75, 3.05) is 6.61 Å². The van der Waals surface area contributed by atoms with Gasteiger partial charge in [-0.15, -0.1) is 10.1 Å². The molecule has 3 aromatic carbocycles. The van der Waals surface area contributed by atoms with Crippen LogP contribution >= 0.6 is 11.6 Å². The Morgan fingerprint density at radius 2 is 1.73 bits per heavy atom. The largest absolute Gasteiger partial charge is 0.494 e. The molecule has 0 spiro atoms. The van der Waals surface area contributed by atoms with Crippen LogP contribution in [0.3, 0.4) is 0 Å². The molecule has 6 nitrogen and oxygen atoms in total. The van der Waals surface area contributed by atoms with Gasteiger partial charge in [-0.2, -0.15) is 0 Å². The standard InChI is InChI=1S/C26H24ClN3O3/c1-3-33-22-14-6-18(7-15-22)16-30-24(19-10-12-21(27)13-11-19)23(26(32)29-30)28-25(31)20-8-4-17(2)5-9-20/h4-16,23-24H,3H2,1-2H3,(H-,28,29,31,32)/p+1/b30-16-/t23-,24+/m1/s1. The van der Waals surface area contributed by atoms with Crippen molar-refractivity contribution >= 4 is 29.6 Å². The summed E-state index contributed by atoms with van der Waals surface area (Å²) >= 11 is 6.08. The monoisotopic (exact) mass is 462 g/mol. The summed E-state index contributed by atoms with van der Waals surface area (Å²) in [6.07, 6.45) is 1.84. The van der Waals surface area contributed by atoms with Crippen LogP contribution in [0.1, 0.15) is 40.0 Å². The smallest absolute Gasteiger partial charge is 0.304 e. The minimum atomic E-state index is -0.793. The third-order valence-corrected chi connectivity index (χ3v) is 5.68. The maximum absolute atomic E-state index is 13.0. The zero-order chi connectivity index (χ0) is 23.4. The number of hydrogen-bond donors (Lipinski definition) is 2. The van der Waals surface area contributed by atoms with Gasteiger partial charge in [-0.3, -0.25) is 9.59 Å². The van der Waals surface area contributed by atoms with Gasteiger partial charge in [-0.1, -0.05) is 41.4 Å². The van der Waals surface area contributed by atoms with Crippen LogP contribution in [-0.2, 0) is 4.79 Å². The molecule has 1 saturated heterocycles. The van der Waals surface area contributed by atoms with Crippen LogP contribution in [0, 0.1) is 6.92 Å². The molecule has 1 fully saturated rings. The molecule has 0 aromatic heterocycles. The fourth-order valence-corrected chi connectivity index (χ4v) is 3.87. The highest BCUT2D eigenvalue weighted by molar-refractivity contribution is 6.30. The van der Waals surface area contributed by atoms with Gasteiger partial charge in [0, 0.05) is 21.7 Å². The van der Waals surface area contributed by atoms with Crippen LogP contribution in [0.15, 0.2) is 72.8 Å². The van der Waals surface area contributed by atoms with Gasteiger partial charge in [0.2, 0.25) is 12.3 Å². The van der Waals surface area contributed by atoms with Gasteiger partial charge in [0.05, 0.1) is 6.61 Å². The third kappa shape index (κ3) is 5.23. The van der Waals surface area contributed by atoms with E-state index >= 15 is 0 Å². The van der Waals surface area contributed by atoms with Gasteiger partial charge in [-0.25, -0.2) is 0 Å². The molecule has 4 rings (SSSR count). The number of hydrazone groups is 1. The fraction of sp³-hybridized carbons (Fsp3) is 0.192. The Balaban J connectivity index is 1.66. The lowest BCUT2D eigenvalue weighted by molar-refractivity contribution is -0.596. The zero-order valence-electron chi connectivity index (χ0n) is 18.4. The summed E-state index contributed by atoms with van der Waals surface area (Å²) in [5.41, 5.74) is 6.15. The summed E-state index contributed by atoms with van der Waals surface area (Å²) in [7, 11) is 0. The first kappa shape index (κ1) is 22.6. The number of carbonyl (C=O) groups excluding carboxylic acids is 2. The molecule has 33 heavy (non-hydrogen) atoms. The summed E-state index contributed by atoms with van der Waals surface area (Å²) in [5.74, 6) is 0.173. The Hall–Kier alpha value is -3.64. The quantitative estimate of drug-likeness (QED) is 0.543. The van der Waals surface area contributed by atoms with Crippen LogP contribution in [0.5, 0.6) is 5.75 Å². The summed E-state index contributed by atoms with van der Waals surface area (Å²) in [6, 6.07) is 20.8. The van der Waals surface area contributed by atoms with Crippen molar-refractivity contribution in [2.24, 2.45) is 0 Å². The van der Waals surface area contributed by atoms with E-state index in [4.69, 9.17) is 16.3 Å². The Morgan fingerprint density at radius 1 is 1.06 bits per heavy atom. The molecule has 0 bridgehead atoms. The molecule has 7 heteroatoms. The van der Waals surface area contributed by atoms with Crippen molar-refractivity contribution < 1.29 is 19.0 Å². The van der Waals surface area contributed by atoms with E-state index in [9.17, 15) is 9.59 Å². The number of aryl methyl sites for hydroxylation is 1. The second-order valence-corrected chi connectivity index (χ2v) is 8.26. The number of amides is 2. The minimum Gasteiger partial charge on any atom is -0.494 e. The number of nitrogens with one attached hydrogen (secondary N) is 2. The van der Waals surface area contributed by atoms with E-state index in [-0.39, 0.29) is 11.8 Å². The van der Waals surface area contributed by atoms with E-state index in [1.165, 1.54) is 0 Å². The second kappa shape index (κ2) is 9.88. The van der Waals surface area contributed by atoms with E-state index in [2.05, 4.69) is 10.7 Å². The average molecular weight is 463 g/mol. The van der Waals surface area contributed by atoms with Crippen molar-refractivity contribution in [3.8, 4) is 5.75 Å². The van der Waals surface area contributed by atoms with Gasteiger partial charge in [0.1, 0.15) is 5.75 Å². The van der Waals surface area contributed by atoms with Gasteiger partial charge in [0.15, 0.2) is 6.04 Å². The predicted octanol–water partition coefficient (Wildman–Crippen LogP) is 4.06. The molecule has 168 valence electrons. The van der Waals surface area contributed by atoms with Crippen molar-refractivity contribution in [2.45, 2.75) is 25.9 Å². The predicted molar refractivity (Wildman–Crippen MR) is 128 cm³/mol. The molecule has 2 N–H and O–H groups in total. The Labute approximate surface area is 197 Å². The van der Waals surface area contributed by atoms with Gasteiger partial charge in [0.25, 0.3) is 5.91 Å². The zero-order valence-corrected chi connectivity index (χ0v) is 19.2. The molecule has 0 unspecified atom stereocenters. The van der Waals surface area contributed by atoms with Crippen molar-refractivity contribution in [1.29, 1.82) is 0 Å². The molecular weight excluding hydrogens is 438 g/mol. The molecular formula is C26H25ClN3O3+. The van der Waals surface area contributed by atoms with E-state index in [1.807, 2.05) is 68.6 Å². The van der Waals surface area contributed by atoms with E-state index < -0.39 is 12.1 Å². The maximum Gasteiger partial charge on any atom is 0.304 e. The van der Waals surface area contributed by atoms with E-state index in [0.29, 0.717) is 17.2 Å². The summed E-state index contributed by atoms with van der Waals surface area (Å²) < 4.78 is 7.23. The normalized spacial score (nSPS) is 18.8. The van der Waals surface area contributed by atoms with Crippen LogP contribution < -0.4 is 15.5 Å². The highest BCUT2D eigenvalue weighted by Crippen LogP contribution is 2.27. The van der Waals surface area contributed by atoms with Crippen LogP contribution in [0.2, 0.25) is 5.02 Å².